The fourth-order valence-corrected chi connectivity index (χ4v) is 15.2. The first-order chi connectivity index (χ1) is 60.0. The Morgan fingerprint density at radius 3 is 1.38 bits per heavy atom. The second kappa shape index (κ2) is 46.8. The van der Waals surface area contributed by atoms with Gasteiger partial charge in [-0.3, -0.25) is 49.0 Å². The fraction of sp³-hybridized carbons (Fsp3) is 0.568. The number of anilines is 2. The number of hydrogen-bond acceptors (Lipinski definition) is 31. The summed E-state index contributed by atoms with van der Waals surface area (Å²) in [6.07, 6.45) is -8.83. The quantitative estimate of drug-likeness (QED) is 0.00607. The Morgan fingerprint density at radius 2 is 0.928 bits per heavy atom. The maximum Gasteiger partial charge on any atom is 0.411 e. The molecule has 2 N–H and O–H groups in total. The lowest BCUT2D eigenvalue weighted by Gasteiger charge is -2.43. The number of carbonyl (C=O) groups excluding carboxylic acids is 10. The number of carbonyl (C=O) groups is 10. The molecule has 0 unspecified atom stereocenters. The lowest BCUT2D eigenvalue weighted by Crippen LogP contribution is -2.57. The molecule has 0 saturated carbocycles. The lowest BCUT2D eigenvalue weighted by atomic mass is 9.91. The van der Waals surface area contributed by atoms with Crippen molar-refractivity contribution in [1.82, 2.24) is 9.80 Å². The van der Waals surface area contributed by atoms with Crippen molar-refractivity contribution in [2.45, 2.75) is 207 Å². The first-order valence-corrected chi connectivity index (χ1v) is 41.7. The third-order valence-corrected chi connectivity index (χ3v) is 21.6. The topological polar surface area (TPSA) is 435 Å². The van der Waals surface area contributed by atoms with E-state index in [9.17, 15) is 47.9 Å². The first kappa shape index (κ1) is 96.2. The van der Waals surface area contributed by atoms with E-state index in [0.717, 1.165) is 11.1 Å². The molecule has 6 saturated heterocycles. The van der Waals surface area contributed by atoms with Crippen LogP contribution >= 0.6 is 0 Å². The number of ketones is 2. The minimum absolute atomic E-state index is 0.00667. The molecule has 10 rings (SSSR count). The molecule has 37 nitrogen and oxygen atoms in total. The van der Waals surface area contributed by atoms with E-state index in [1.807, 2.05) is 0 Å². The van der Waals surface area contributed by atoms with Gasteiger partial charge in [-0.25, -0.2) is 9.59 Å². The van der Waals surface area contributed by atoms with Gasteiger partial charge in [0.25, 0.3) is 11.8 Å². The van der Waals surface area contributed by atoms with Crippen molar-refractivity contribution in [2.75, 3.05) is 117 Å². The molecular formula is C88H113N7O30. The first-order valence-electron chi connectivity index (χ1n) is 41.7. The van der Waals surface area contributed by atoms with Crippen LogP contribution in [0.25, 0.3) is 10.4 Å². The number of esters is 4. The van der Waals surface area contributed by atoms with E-state index < -0.39 is 153 Å². The van der Waals surface area contributed by atoms with Gasteiger partial charge < -0.3 is 105 Å². The highest BCUT2D eigenvalue weighted by Gasteiger charge is 2.51. The van der Waals surface area contributed by atoms with Gasteiger partial charge in [0.15, 0.2) is 35.6 Å². The monoisotopic (exact) mass is 1750 g/mol. The molecule has 0 aliphatic carbocycles. The lowest BCUT2D eigenvalue weighted by molar-refractivity contribution is -0.263. The van der Waals surface area contributed by atoms with E-state index in [2.05, 4.69) is 33.8 Å². The molecule has 125 heavy (non-hydrogen) atoms. The third-order valence-electron chi connectivity index (χ3n) is 21.6. The maximum atomic E-state index is 14.9. The molecule has 4 amide bonds. The fourth-order valence-electron chi connectivity index (χ4n) is 15.2. The Kier molecular flexibility index (Phi) is 36.0. The van der Waals surface area contributed by atoms with Gasteiger partial charge >= 0.3 is 36.1 Å². The van der Waals surface area contributed by atoms with Crippen LogP contribution in [0.3, 0.4) is 0 Å². The van der Waals surface area contributed by atoms with Gasteiger partial charge in [0.1, 0.15) is 42.7 Å². The standard InChI is InChI=1S/C88H113N7O30/c1-49-37-68(83-112-33-34-113-83)94(45-49)81(102)62-39-51(3)74(43-66(62)91-87(104)116-47-61-22-24-73(65(41-61)71(101)20-18-27-108-31-32-109-30-25-90-93-89)125-86-80(123-59(11)99)78(121-57(9)97)53(5)55(7)119-86)110-28-15-14-16-29-111-76-44-67(63(42-75(76)107-13)82(103)95-46-50(2)38-69(95)84-114-35-36-115-84)92-88(105)117-48-60-21-23-72(64(40-60)70(100)19-17-26-106-12)124-85-79(122-58(10)98)77(120-56(8)96)52(4)54(6)118-85/h21-24,39-44,52-55,68-69,77-80,83-86H,1-2,14-20,25-38,45-48H2,3-13H3,(H,91,104)(H,92,105)/t52-,53-,54-,55-,68+,69+,77+,78+,79-,80-,85+,86+/m1/s1. The average Bonchev–Trinajstić information content (AvgIpc) is 1.72. The van der Waals surface area contributed by atoms with Crippen LogP contribution < -0.4 is 34.3 Å². The summed E-state index contributed by atoms with van der Waals surface area (Å²) in [5.41, 5.74) is 11.5. The number of aryl methyl sites for hydroxylation is 1. The second-order valence-electron chi connectivity index (χ2n) is 31.1. The summed E-state index contributed by atoms with van der Waals surface area (Å²) >= 11 is 0. The number of azide groups is 1. The number of unbranched alkanes of at least 4 members (excludes halogenated alkanes) is 2. The van der Waals surface area contributed by atoms with Gasteiger partial charge in [-0.2, -0.15) is 0 Å². The molecule has 12 atom stereocenters. The minimum Gasteiger partial charge on any atom is -0.493 e. The Morgan fingerprint density at radius 1 is 0.496 bits per heavy atom. The van der Waals surface area contributed by atoms with Crippen LogP contribution in [0.5, 0.6) is 28.7 Å². The molecular weight excluding hydrogens is 1630 g/mol. The predicted octanol–water partition coefficient (Wildman–Crippen LogP) is 11.6. The zero-order valence-electron chi connectivity index (χ0n) is 72.4. The van der Waals surface area contributed by atoms with Crippen molar-refractivity contribution in [2.24, 2.45) is 17.0 Å². The number of ether oxygens (including phenoxy) is 20. The molecule has 6 aliphatic heterocycles. The summed E-state index contributed by atoms with van der Waals surface area (Å²) in [5.74, 6) is -4.57. The Bertz CT molecular complexity index is 4540. The Hall–Kier alpha value is -11.0. The summed E-state index contributed by atoms with van der Waals surface area (Å²) in [6.45, 7) is 24.3. The summed E-state index contributed by atoms with van der Waals surface area (Å²) < 4.78 is 118. The number of amides is 4. The molecule has 0 aromatic heterocycles. The highest BCUT2D eigenvalue weighted by Crippen LogP contribution is 2.41. The van der Waals surface area contributed by atoms with Crippen LogP contribution in [0.4, 0.5) is 21.0 Å². The zero-order valence-corrected chi connectivity index (χ0v) is 72.4. The van der Waals surface area contributed by atoms with Crippen LogP contribution in [0.1, 0.15) is 171 Å². The number of hydrogen-bond donors (Lipinski definition) is 2. The van der Waals surface area contributed by atoms with Gasteiger partial charge in [-0.05, 0) is 124 Å². The molecule has 37 heteroatoms. The van der Waals surface area contributed by atoms with E-state index in [4.69, 9.17) is 100 Å². The van der Waals surface area contributed by atoms with Gasteiger partial charge in [0.05, 0.1) is 124 Å². The molecule has 0 radical (unpaired) electrons. The molecule has 6 fully saturated rings. The Balaban J connectivity index is 0.832. The van der Waals surface area contributed by atoms with Crippen molar-refractivity contribution in [1.29, 1.82) is 0 Å². The smallest absolute Gasteiger partial charge is 0.411 e. The van der Waals surface area contributed by atoms with Crippen LogP contribution in [0.15, 0.2) is 90.1 Å². The van der Waals surface area contributed by atoms with Gasteiger partial charge in [0, 0.05) is 109 Å². The van der Waals surface area contributed by atoms with Gasteiger partial charge in [-0.1, -0.05) is 55.4 Å². The molecule has 0 spiro atoms. The summed E-state index contributed by atoms with van der Waals surface area (Å²) in [5, 5.41) is 8.95. The molecule has 680 valence electrons. The maximum absolute atomic E-state index is 14.9. The van der Waals surface area contributed by atoms with Crippen molar-refractivity contribution >= 4 is 70.8 Å². The largest absolute Gasteiger partial charge is 0.493 e. The number of rotatable bonds is 43. The molecule has 6 aliphatic rings. The van der Waals surface area contributed by atoms with E-state index in [0.29, 0.717) is 87.4 Å². The van der Waals surface area contributed by atoms with Crippen LogP contribution in [0.2, 0.25) is 0 Å². The number of methoxy groups -OCH3 is 2. The van der Waals surface area contributed by atoms with Crippen molar-refractivity contribution in [3.63, 3.8) is 0 Å². The molecule has 4 aromatic rings. The number of nitrogens with one attached hydrogen (secondary N) is 2. The van der Waals surface area contributed by atoms with Crippen molar-refractivity contribution in [3.8, 4) is 28.7 Å². The predicted molar refractivity (Wildman–Crippen MR) is 443 cm³/mol. The number of Topliss-reactive ketones (excluding diaryl/α,β-unsaturated/α-hetero) is 2. The Labute approximate surface area is 724 Å². The van der Waals surface area contributed by atoms with E-state index >= 15 is 0 Å². The third kappa shape index (κ3) is 26.8. The summed E-state index contributed by atoms with van der Waals surface area (Å²) in [7, 11) is 2.91. The van der Waals surface area contributed by atoms with E-state index in [1.165, 1.54) is 84.4 Å². The van der Waals surface area contributed by atoms with E-state index in [-0.39, 0.29) is 148 Å². The normalized spacial score (nSPS) is 22.5. The summed E-state index contributed by atoms with van der Waals surface area (Å²) in [4.78, 5) is 142. The van der Waals surface area contributed by atoms with Crippen LogP contribution in [0, 0.1) is 18.8 Å². The van der Waals surface area contributed by atoms with Gasteiger partial charge in [-0.15, -0.1) is 0 Å². The summed E-state index contributed by atoms with van der Waals surface area (Å²) in [6, 6.07) is 14.0. The second-order valence-corrected chi connectivity index (χ2v) is 31.1. The highest BCUT2D eigenvalue weighted by molar-refractivity contribution is 6.05. The minimum atomic E-state index is -1.36. The van der Waals surface area contributed by atoms with Crippen molar-refractivity contribution in [3.05, 3.63) is 134 Å². The van der Waals surface area contributed by atoms with Crippen LogP contribution in [-0.4, -0.2) is 250 Å². The van der Waals surface area contributed by atoms with Crippen molar-refractivity contribution < 1.29 is 143 Å². The average molecular weight is 1750 g/mol. The van der Waals surface area contributed by atoms with Crippen LogP contribution in [-0.2, 0) is 103 Å². The number of benzene rings is 4. The molecule has 0 bridgehead atoms. The molecule has 6 heterocycles. The number of nitrogens with zero attached hydrogens (tertiary/aromatic N) is 5. The zero-order chi connectivity index (χ0) is 90.0. The van der Waals surface area contributed by atoms with E-state index in [1.54, 1.807) is 62.6 Å². The molecule has 4 aromatic carbocycles. The SMILES string of the molecule is C=C1C[C@@H](C2OCCO2)N(C(=O)c2cc(C)c(OCCCCCOc3cc(NC(=O)OCc4ccc(O[C@@H]5O[C@H](C)[C@@H](C)[C@H](OC(C)=O)[C@H]5OC(C)=O)c(C(=O)CCCOC)c4)c(C(=O)N4CC(=C)C[C@H]4C4OCCO4)cc3OC)cc2NC(=O)OCc2ccc(O[C@@H]3O[C@H](C)[C@@H](C)[C@H](OC(C)=O)[C@H]3OC(C)=O)c(C(=O)CCCOCCOCCN=[N+]=[N-])c2)C1. The number of likely N-dealkylation sites (tertiary alicyclic amines) is 2. The van der Waals surface area contributed by atoms with Gasteiger partial charge in [0.2, 0.25) is 24.8 Å². The highest BCUT2D eigenvalue weighted by atomic mass is 16.7.